The molecule has 8 nitrogen and oxygen atoms in total. The minimum Gasteiger partial charge on any atom is -0.497 e. The number of carbonyl (C=O) groups excluding carboxylic acids is 1. The highest BCUT2D eigenvalue weighted by Crippen LogP contribution is 2.37. The third-order valence-corrected chi connectivity index (χ3v) is 4.62. The van der Waals surface area contributed by atoms with E-state index in [1.54, 1.807) is 30.7 Å². The van der Waals surface area contributed by atoms with E-state index < -0.39 is 10.9 Å². The Hall–Kier alpha value is -3.55. The molecule has 0 aliphatic rings. The molecule has 0 saturated heterocycles. The smallest absolute Gasteiger partial charge is 0.354 e. The molecule has 0 bridgehead atoms. The zero-order valence-corrected chi connectivity index (χ0v) is 17.5. The highest BCUT2D eigenvalue weighted by molar-refractivity contribution is 6.05. The fraction of sp³-hybridized carbons (Fsp3) is 0.318. The number of hydrogen-bond acceptors (Lipinski definition) is 6. The molecule has 0 spiro atoms. The first-order chi connectivity index (χ1) is 14.3. The van der Waals surface area contributed by atoms with Gasteiger partial charge in [0.05, 0.1) is 18.6 Å². The van der Waals surface area contributed by atoms with E-state index in [-0.39, 0.29) is 18.2 Å². The number of anilines is 2. The Morgan fingerprint density at radius 3 is 2.63 bits per heavy atom. The maximum atomic E-state index is 12.6. The van der Waals surface area contributed by atoms with Crippen LogP contribution in [0.5, 0.6) is 5.75 Å². The summed E-state index contributed by atoms with van der Waals surface area (Å²) < 4.78 is 12.2. The Bertz CT molecular complexity index is 1090. The number of nitrogens with one attached hydrogen (secondary N) is 1. The van der Waals surface area contributed by atoms with Gasteiger partial charge in [0.2, 0.25) is 0 Å². The SMILES string of the molecule is CCOC(=O)c1cc2c(Nc3cccc(OC)c3)ccc([N+](=O)[O-])c2n1CC(C)C. The number of nitro benzene ring substituents is 1. The van der Waals surface area contributed by atoms with Crippen LogP contribution >= 0.6 is 0 Å². The van der Waals surface area contributed by atoms with E-state index in [4.69, 9.17) is 9.47 Å². The Kier molecular flexibility index (Phi) is 6.25. The number of hydrogen-bond donors (Lipinski definition) is 1. The second kappa shape index (κ2) is 8.86. The monoisotopic (exact) mass is 411 g/mol. The lowest BCUT2D eigenvalue weighted by atomic mass is 10.1. The lowest BCUT2D eigenvalue weighted by Crippen LogP contribution is -2.15. The van der Waals surface area contributed by atoms with Gasteiger partial charge >= 0.3 is 5.97 Å². The molecule has 0 aliphatic heterocycles. The maximum Gasteiger partial charge on any atom is 0.354 e. The van der Waals surface area contributed by atoms with Gasteiger partial charge in [-0.2, -0.15) is 0 Å². The topological polar surface area (TPSA) is 95.6 Å². The molecule has 3 aromatic rings. The third kappa shape index (κ3) is 4.22. The lowest BCUT2D eigenvalue weighted by molar-refractivity contribution is -0.383. The molecule has 0 unspecified atom stereocenters. The molecule has 0 saturated carbocycles. The summed E-state index contributed by atoms with van der Waals surface area (Å²) in [6.45, 7) is 6.38. The Balaban J connectivity index is 2.23. The van der Waals surface area contributed by atoms with Crippen LogP contribution in [0.4, 0.5) is 17.1 Å². The van der Waals surface area contributed by atoms with Crippen molar-refractivity contribution in [3.63, 3.8) is 0 Å². The van der Waals surface area contributed by atoms with Crippen LogP contribution in [-0.2, 0) is 11.3 Å². The van der Waals surface area contributed by atoms with Gasteiger partial charge < -0.3 is 19.4 Å². The summed E-state index contributed by atoms with van der Waals surface area (Å²) in [5, 5.41) is 15.6. The van der Waals surface area contributed by atoms with Crippen LogP contribution in [0.3, 0.4) is 0 Å². The summed E-state index contributed by atoms with van der Waals surface area (Å²) in [6.07, 6.45) is 0. The summed E-state index contributed by atoms with van der Waals surface area (Å²) in [5.74, 6) is 0.349. The highest BCUT2D eigenvalue weighted by Gasteiger charge is 2.25. The van der Waals surface area contributed by atoms with Gasteiger partial charge in [0.25, 0.3) is 5.69 Å². The van der Waals surface area contributed by atoms with Gasteiger partial charge in [-0.3, -0.25) is 10.1 Å². The van der Waals surface area contributed by atoms with Crippen LogP contribution in [0, 0.1) is 16.0 Å². The van der Waals surface area contributed by atoms with Crippen LogP contribution in [0.1, 0.15) is 31.3 Å². The molecule has 0 amide bonds. The molecule has 0 atom stereocenters. The Morgan fingerprint density at radius 1 is 1.23 bits per heavy atom. The van der Waals surface area contributed by atoms with Gasteiger partial charge in [-0.05, 0) is 37.1 Å². The van der Waals surface area contributed by atoms with Gasteiger partial charge in [-0.25, -0.2) is 4.79 Å². The summed E-state index contributed by atoms with van der Waals surface area (Å²) >= 11 is 0. The first-order valence-corrected chi connectivity index (χ1v) is 9.74. The van der Waals surface area contributed by atoms with E-state index in [2.05, 4.69) is 5.32 Å². The van der Waals surface area contributed by atoms with Crippen LogP contribution in [0.25, 0.3) is 10.9 Å². The molecule has 0 fully saturated rings. The van der Waals surface area contributed by atoms with E-state index in [1.165, 1.54) is 6.07 Å². The van der Waals surface area contributed by atoms with Crippen molar-refractivity contribution < 1.29 is 19.2 Å². The summed E-state index contributed by atoms with van der Waals surface area (Å²) in [7, 11) is 1.58. The van der Waals surface area contributed by atoms with E-state index in [1.807, 2.05) is 38.1 Å². The minimum absolute atomic E-state index is 0.0580. The van der Waals surface area contributed by atoms with Gasteiger partial charge in [0.15, 0.2) is 0 Å². The molecule has 1 N–H and O–H groups in total. The van der Waals surface area contributed by atoms with Gasteiger partial charge in [0, 0.05) is 35.4 Å². The molecule has 30 heavy (non-hydrogen) atoms. The summed E-state index contributed by atoms with van der Waals surface area (Å²) in [5.41, 5.74) is 2.04. The number of non-ortho nitro benzene ring substituents is 1. The van der Waals surface area contributed by atoms with Crippen molar-refractivity contribution in [1.82, 2.24) is 4.57 Å². The number of ether oxygens (including phenoxy) is 2. The van der Waals surface area contributed by atoms with E-state index in [0.29, 0.717) is 34.6 Å². The number of nitrogens with zero attached hydrogens (tertiary/aromatic N) is 2. The van der Waals surface area contributed by atoms with Crippen molar-refractivity contribution in [3.8, 4) is 5.75 Å². The van der Waals surface area contributed by atoms with Gasteiger partial charge in [0.1, 0.15) is 17.0 Å². The number of aromatic nitrogens is 1. The standard InChI is InChI=1S/C22H25N3O5/c1-5-30-22(26)20-12-17-18(23-15-7-6-8-16(11-15)29-4)9-10-19(25(27)28)21(17)24(20)13-14(2)3/h6-12,14,23H,5,13H2,1-4H3. The molecule has 1 heterocycles. The number of rotatable bonds is 8. The van der Waals surface area contributed by atoms with Gasteiger partial charge in [-0.1, -0.05) is 19.9 Å². The molecule has 0 aliphatic carbocycles. The van der Waals surface area contributed by atoms with Crippen molar-refractivity contribution in [2.75, 3.05) is 19.0 Å². The van der Waals surface area contributed by atoms with Crippen molar-refractivity contribution >= 4 is 33.9 Å². The predicted octanol–water partition coefficient (Wildman–Crippen LogP) is 5.13. The number of nitro groups is 1. The van der Waals surface area contributed by atoms with Crippen molar-refractivity contribution in [2.45, 2.75) is 27.3 Å². The lowest BCUT2D eigenvalue weighted by Gasteiger charge is -2.13. The second-order valence-corrected chi connectivity index (χ2v) is 7.26. The zero-order valence-electron chi connectivity index (χ0n) is 17.5. The molecule has 8 heteroatoms. The van der Waals surface area contributed by atoms with Gasteiger partial charge in [-0.15, -0.1) is 0 Å². The van der Waals surface area contributed by atoms with Crippen molar-refractivity contribution in [2.24, 2.45) is 5.92 Å². The maximum absolute atomic E-state index is 12.6. The molecule has 2 aromatic carbocycles. The molecule has 158 valence electrons. The molecular weight excluding hydrogens is 386 g/mol. The third-order valence-electron chi connectivity index (χ3n) is 4.62. The van der Waals surface area contributed by atoms with E-state index >= 15 is 0 Å². The summed E-state index contributed by atoms with van der Waals surface area (Å²) in [6, 6.07) is 12.1. The fourth-order valence-electron chi connectivity index (χ4n) is 3.40. The average Bonchev–Trinajstić information content (AvgIpc) is 3.07. The van der Waals surface area contributed by atoms with Crippen molar-refractivity contribution in [1.29, 1.82) is 0 Å². The predicted molar refractivity (Wildman–Crippen MR) is 116 cm³/mol. The largest absolute Gasteiger partial charge is 0.497 e. The number of fused-ring (bicyclic) bond motifs is 1. The first-order valence-electron chi connectivity index (χ1n) is 9.74. The Labute approximate surface area is 174 Å². The van der Waals surface area contributed by atoms with Crippen LogP contribution < -0.4 is 10.1 Å². The number of esters is 1. The molecular formula is C22H25N3O5. The highest BCUT2D eigenvalue weighted by atomic mass is 16.6. The average molecular weight is 411 g/mol. The molecule has 3 rings (SSSR count). The van der Waals surface area contributed by atoms with E-state index in [0.717, 1.165) is 5.69 Å². The first kappa shape index (κ1) is 21.2. The molecule has 0 radical (unpaired) electrons. The quantitative estimate of drug-likeness (QED) is 0.313. The normalized spacial score (nSPS) is 11.0. The second-order valence-electron chi connectivity index (χ2n) is 7.26. The fourth-order valence-corrected chi connectivity index (χ4v) is 3.40. The van der Waals surface area contributed by atoms with Crippen LogP contribution in [0.15, 0.2) is 42.5 Å². The van der Waals surface area contributed by atoms with E-state index in [9.17, 15) is 14.9 Å². The minimum atomic E-state index is -0.504. The Morgan fingerprint density at radius 2 is 2.00 bits per heavy atom. The van der Waals surface area contributed by atoms with Crippen LogP contribution in [0.2, 0.25) is 0 Å². The number of methoxy groups -OCH3 is 1. The number of benzene rings is 2. The van der Waals surface area contributed by atoms with Crippen LogP contribution in [-0.4, -0.2) is 29.2 Å². The number of carbonyl (C=O) groups is 1. The van der Waals surface area contributed by atoms with Crippen molar-refractivity contribution in [3.05, 3.63) is 58.3 Å². The summed E-state index contributed by atoms with van der Waals surface area (Å²) in [4.78, 5) is 23.9. The zero-order chi connectivity index (χ0) is 21.8. The molecule has 1 aromatic heterocycles.